The van der Waals surface area contributed by atoms with Gasteiger partial charge in [0.25, 0.3) is 0 Å². The number of hydrogen-bond donors (Lipinski definition) is 0. The highest BCUT2D eigenvalue weighted by atomic mass is 16.5. The van der Waals surface area contributed by atoms with Gasteiger partial charge >= 0.3 is 11.9 Å². The summed E-state index contributed by atoms with van der Waals surface area (Å²) in [7, 11) is 0. The first-order valence-corrected chi connectivity index (χ1v) is 7.36. The van der Waals surface area contributed by atoms with Crippen molar-refractivity contribution in [1.29, 1.82) is 5.26 Å². The molecule has 0 aliphatic carbocycles. The molecule has 1 atom stereocenters. The molecule has 0 bridgehead atoms. The first kappa shape index (κ1) is 17.7. The van der Waals surface area contributed by atoms with Crippen molar-refractivity contribution in [3.63, 3.8) is 0 Å². The van der Waals surface area contributed by atoms with E-state index in [4.69, 9.17) is 9.47 Å². The molecule has 1 unspecified atom stereocenters. The van der Waals surface area contributed by atoms with Crippen molar-refractivity contribution in [2.75, 3.05) is 13.2 Å². The summed E-state index contributed by atoms with van der Waals surface area (Å²) in [5, 5.41) is 9.57. The van der Waals surface area contributed by atoms with Crippen molar-refractivity contribution in [3.8, 4) is 6.07 Å². The molecule has 0 aliphatic heterocycles. The topological polar surface area (TPSA) is 76.4 Å². The molecule has 0 fully saturated rings. The maximum atomic E-state index is 12.3. The highest BCUT2D eigenvalue weighted by Crippen LogP contribution is 2.30. The summed E-state index contributed by atoms with van der Waals surface area (Å²) in [6.45, 7) is 3.87. The van der Waals surface area contributed by atoms with Crippen LogP contribution in [0, 0.1) is 16.7 Å². The van der Waals surface area contributed by atoms with Crippen molar-refractivity contribution in [1.82, 2.24) is 0 Å². The predicted octanol–water partition coefficient (Wildman–Crippen LogP) is 2.65. The van der Waals surface area contributed by atoms with E-state index in [1.807, 2.05) is 30.3 Å². The van der Waals surface area contributed by atoms with Gasteiger partial charge in [-0.1, -0.05) is 30.3 Å². The number of carbonyl (C=O) groups is 2. The van der Waals surface area contributed by atoms with Crippen LogP contribution in [0.15, 0.2) is 30.3 Å². The molecule has 0 aromatic heterocycles. The molecule has 0 radical (unpaired) electrons. The van der Waals surface area contributed by atoms with E-state index in [9.17, 15) is 14.9 Å². The van der Waals surface area contributed by atoms with E-state index in [1.54, 1.807) is 13.8 Å². The lowest BCUT2D eigenvalue weighted by atomic mass is 9.79. The van der Waals surface area contributed by atoms with E-state index >= 15 is 0 Å². The second-order valence-corrected chi connectivity index (χ2v) is 4.88. The highest BCUT2D eigenvalue weighted by molar-refractivity contribution is 5.81. The molecular formula is C17H21NO4. The van der Waals surface area contributed by atoms with Crippen LogP contribution in [0.5, 0.6) is 0 Å². The van der Waals surface area contributed by atoms with Gasteiger partial charge in [0, 0.05) is 12.8 Å². The molecule has 1 rings (SSSR count). The molecule has 0 aliphatic rings. The van der Waals surface area contributed by atoms with E-state index in [0.29, 0.717) is 0 Å². The third-order valence-corrected chi connectivity index (χ3v) is 3.29. The number of nitrogens with zero attached hydrogens (tertiary/aromatic N) is 1. The fourth-order valence-corrected chi connectivity index (χ4v) is 2.17. The van der Waals surface area contributed by atoms with Crippen LogP contribution in [-0.2, 0) is 25.5 Å². The molecule has 0 heterocycles. The van der Waals surface area contributed by atoms with Crippen LogP contribution in [0.25, 0.3) is 0 Å². The Morgan fingerprint density at radius 2 is 1.77 bits per heavy atom. The summed E-state index contributed by atoms with van der Waals surface area (Å²) in [5.74, 6) is -1.01. The summed E-state index contributed by atoms with van der Waals surface area (Å²) in [6, 6.07) is 11.3. The van der Waals surface area contributed by atoms with Crippen LogP contribution in [0.2, 0.25) is 0 Å². The summed E-state index contributed by atoms with van der Waals surface area (Å²) < 4.78 is 9.92. The molecule has 0 saturated heterocycles. The van der Waals surface area contributed by atoms with Gasteiger partial charge < -0.3 is 9.47 Å². The van der Waals surface area contributed by atoms with Crippen LogP contribution >= 0.6 is 0 Å². The van der Waals surface area contributed by atoms with E-state index in [-0.39, 0.29) is 32.5 Å². The molecule has 1 aromatic rings. The van der Waals surface area contributed by atoms with Crippen molar-refractivity contribution in [2.24, 2.45) is 5.41 Å². The molecule has 5 nitrogen and oxygen atoms in total. The van der Waals surface area contributed by atoms with Gasteiger partial charge in [0.1, 0.15) is 0 Å². The van der Waals surface area contributed by atoms with Crippen molar-refractivity contribution < 1.29 is 19.1 Å². The maximum Gasteiger partial charge on any atom is 0.326 e. The first-order chi connectivity index (χ1) is 10.6. The van der Waals surface area contributed by atoms with Crippen molar-refractivity contribution in [3.05, 3.63) is 35.9 Å². The lowest BCUT2D eigenvalue weighted by molar-refractivity contribution is -0.153. The number of hydrogen-bond acceptors (Lipinski definition) is 5. The van der Waals surface area contributed by atoms with Crippen LogP contribution in [0.4, 0.5) is 0 Å². The maximum absolute atomic E-state index is 12.3. The fourth-order valence-electron chi connectivity index (χ4n) is 2.17. The zero-order valence-electron chi connectivity index (χ0n) is 13.0. The lowest BCUT2D eigenvalue weighted by Gasteiger charge is -2.24. The molecule has 118 valence electrons. The monoisotopic (exact) mass is 303 g/mol. The Bertz CT molecular complexity index is 535. The highest BCUT2D eigenvalue weighted by Gasteiger charge is 2.41. The van der Waals surface area contributed by atoms with Gasteiger partial charge in [-0.25, -0.2) is 0 Å². The average Bonchev–Trinajstić information content (AvgIpc) is 2.53. The van der Waals surface area contributed by atoms with Gasteiger partial charge in [-0.05, 0) is 25.8 Å². The summed E-state index contributed by atoms with van der Waals surface area (Å²) in [4.78, 5) is 23.8. The van der Waals surface area contributed by atoms with Crippen LogP contribution in [-0.4, -0.2) is 25.2 Å². The zero-order valence-corrected chi connectivity index (χ0v) is 13.0. The standard InChI is InChI=1S/C17H21NO4/c1-3-21-15(19)10-11-17(13-18,16(20)22-4-2)12-14-8-6-5-7-9-14/h5-9H,3-4,10-12H2,1-2H3. The largest absolute Gasteiger partial charge is 0.466 e. The van der Waals surface area contributed by atoms with Gasteiger partial charge in [-0.2, -0.15) is 5.26 Å². The number of benzene rings is 1. The molecule has 5 heteroatoms. The SMILES string of the molecule is CCOC(=O)CCC(C#N)(Cc1ccccc1)C(=O)OCC. The molecule has 0 spiro atoms. The van der Waals surface area contributed by atoms with E-state index in [1.165, 1.54) is 0 Å². The quantitative estimate of drug-likeness (QED) is 0.690. The van der Waals surface area contributed by atoms with E-state index in [2.05, 4.69) is 6.07 Å². The van der Waals surface area contributed by atoms with Crippen molar-refractivity contribution >= 4 is 11.9 Å². The zero-order chi connectivity index (χ0) is 16.4. The smallest absolute Gasteiger partial charge is 0.326 e. The second-order valence-electron chi connectivity index (χ2n) is 4.88. The molecule has 22 heavy (non-hydrogen) atoms. The second kappa shape index (κ2) is 8.83. The molecule has 1 aromatic carbocycles. The lowest BCUT2D eigenvalue weighted by Crippen LogP contribution is -2.34. The van der Waals surface area contributed by atoms with Gasteiger partial charge in [0.2, 0.25) is 0 Å². The Kier molecular flexibility index (Phi) is 7.11. The molecule has 0 N–H and O–H groups in total. The third kappa shape index (κ3) is 4.88. The Morgan fingerprint density at radius 3 is 2.32 bits per heavy atom. The minimum Gasteiger partial charge on any atom is -0.466 e. The first-order valence-electron chi connectivity index (χ1n) is 7.36. The Morgan fingerprint density at radius 1 is 1.14 bits per heavy atom. The van der Waals surface area contributed by atoms with Gasteiger partial charge in [0.05, 0.1) is 19.3 Å². The predicted molar refractivity (Wildman–Crippen MR) is 80.7 cm³/mol. The van der Waals surface area contributed by atoms with Crippen LogP contribution in [0.3, 0.4) is 0 Å². The Hall–Kier alpha value is -2.35. The summed E-state index contributed by atoms with van der Waals surface area (Å²) in [6.07, 6.45) is 0.297. The average molecular weight is 303 g/mol. The number of ether oxygens (including phenoxy) is 2. The molecule has 0 amide bonds. The summed E-state index contributed by atoms with van der Waals surface area (Å²) >= 11 is 0. The number of carbonyl (C=O) groups excluding carboxylic acids is 2. The minimum atomic E-state index is -1.37. The van der Waals surface area contributed by atoms with E-state index < -0.39 is 17.4 Å². The van der Waals surface area contributed by atoms with Gasteiger partial charge in [0.15, 0.2) is 5.41 Å². The van der Waals surface area contributed by atoms with Crippen LogP contribution in [0.1, 0.15) is 32.3 Å². The summed E-state index contributed by atoms with van der Waals surface area (Å²) in [5.41, 5.74) is -0.523. The van der Waals surface area contributed by atoms with Gasteiger partial charge in [-0.3, -0.25) is 9.59 Å². The molecule has 0 saturated carbocycles. The van der Waals surface area contributed by atoms with Crippen molar-refractivity contribution in [2.45, 2.75) is 33.1 Å². The minimum absolute atomic E-state index is 0.00699. The van der Waals surface area contributed by atoms with E-state index in [0.717, 1.165) is 5.56 Å². The number of nitriles is 1. The Labute approximate surface area is 130 Å². The normalized spacial score (nSPS) is 12.8. The van der Waals surface area contributed by atoms with Gasteiger partial charge in [-0.15, -0.1) is 0 Å². The number of rotatable bonds is 8. The fraction of sp³-hybridized carbons (Fsp3) is 0.471. The van der Waals surface area contributed by atoms with Crippen LogP contribution < -0.4 is 0 Å². The third-order valence-electron chi connectivity index (χ3n) is 3.29. The molecular weight excluding hydrogens is 282 g/mol. The Balaban J connectivity index is 2.94. The number of esters is 2.